The van der Waals surface area contributed by atoms with Crippen molar-refractivity contribution < 1.29 is 4.74 Å². The highest BCUT2D eigenvalue weighted by molar-refractivity contribution is 4.90. The van der Waals surface area contributed by atoms with E-state index in [1.54, 1.807) is 0 Å². The minimum atomic E-state index is 0.489. The highest BCUT2D eigenvalue weighted by Gasteiger charge is 2.35. The lowest BCUT2D eigenvalue weighted by Crippen LogP contribution is -2.42. The summed E-state index contributed by atoms with van der Waals surface area (Å²) in [6.07, 6.45) is 6.90. The number of ether oxygens (including phenoxy) is 1. The van der Waals surface area contributed by atoms with Crippen molar-refractivity contribution in [2.45, 2.75) is 57.2 Å². The Morgan fingerprint density at radius 1 is 1.31 bits per heavy atom. The quantitative estimate of drug-likeness (QED) is 0.794. The van der Waals surface area contributed by atoms with Crippen LogP contribution < -0.4 is 5.73 Å². The van der Waals surface area contributed by atoms with Crippen LogP contribution in [0.1, 0.15) is 39.0 Å². The van der Waals surface area contributed by atoms with E-state index in [1.165, 1.54) is 38.6 Å². The zero-order valence-corrected chi connectivity index (χ0v) is 10.7. The minimum Gasteiger partial charge on any atom is -0.381 e. The van der Waals surface area contributed by atoms with Crippen molar-refractivity contribution in [1.29, 1.82) is 0 Å². The van der Waals surface area contributed by atoms with Crippen LogP contribution in [0.2, 0.25) is 0 Å². The lowest BCUT2D eigenvalue weighted by Gasteiger charge is -2.37. The van der Waals surface area contributed by atoms with Gasteiger partial charge in [0.25, 0.3) is 0 Å². The van der Waals surface area contributed by atoms with Gasteiger partial charge in [0.05, 0.1) is 6.10 Å². The largest absolute Gasteiger partial charge is 0.381 e. The Labute approximate surface area is 99.3 Å². The first-order chi connectivity index (χ1) is 7.74. The molecule has 3 nitrogen and oxygen atoms in total. The van der Waals surface area contributed by atoms with E-state index in [4.69, 9.17) is 10.5 Å². The predicted octanol–water partition coefficient (Wildman–Crippen LogP) is 1.61. The number of nitrogens with two attached hydrogens (primary N) is 1. The molecule has 2 rings (SSSR count). The van der Waals surface area contributed by atoms with E-state index in [0.29, 0.717) is 12.1 Å². The predicted molar refractivity (Wildman–Crippen MR) is 66.4 cm³/mol. The Balaban J connectivity index is 1.91. The van der Waals surface area contributed by atoms with Crippen LogP contribution >= 0.6 is 0 Å². The number of hydrogen-bond acceptors (Lipinski definition) is 3. The van der Waals surface area contributed by atoms with Crippen molar-refractivity contribution in [3.8, 4) is 0 Å². The Morgan fingerprint density at radius 2 is 2.12 bits per heavy atom. The smallest absolute Gasteiger partial charge is 0.0586 e. The Morgan fingerprint density at radius 3 is 2.75 bits per heavy atom. The first-order valence-electron chi connectivity index (χ1n) is 6.73. The molecule has 2 fully saturated rings. The fourth-order valence-corrected chi connectivity index (χ4v) is 3.49. The third kappa shape index (κ3) is 2.58. The van der Waals surface area contributed by atoms with Gasteiger partial charge in [0.15, 0.2) is 0 Å². The van der Waals surface area contributed by atoms with Gasteiger partial charge in [-0.2, -0.15) is 0 Å². The number of likely N-dealkylation sites (tertiary alicyclic amines) is 1. The van der Waals surface area contributed by atoms with Gasteiger partial charge in [0.1, 0.15) is 0 Å². The molecule has 4 unspecified atom stereocenters. The summed E-state index contributed by atoms with van der Waals surface area (Å²) < 4.78 is 5.52. The molecular formula is C13H26N2O. The van der Waals surface area contributed by atoms with Crippen LogP contribution in [0.5, 0.6) is 0 Å². The van der Waals surface area contributed by atoms with Gasteiger partial charge in [0.2, 0.25) is 0 Å². The summed E-state index contributed by atoms with van der Waals surface area (Å²) in [4.78, 5) is 2.68. The number of hydrogen-bond donors (Lipinski definition) is 1. The van der Waals surface area contributed by atoms with Crippen LogP contribution in [0.4, 0.5) is 0 Å². The SMILES string of the molecule is COC1CCCC(N2CC(CN)CC2C)C1. The molecule has 16 heavy (non-hydrogen) atoms. The Bertz CT molecular complexity index is 222. The molecule has 0 bridgehead atoms. The zero-order chi connectivity index (χ0) is 11.5. The standard InChI is InChI=1S/C13H26N2O/c1-10-6-11(8-14)9-15(10)12-4-3-5-13(7-12)16-2/h10-13H,3-9,14H2,1-2H3. The van der Waals surface area contributed by atoms with Crippen LogP contribution in [0, 0.1) is 5.92 Å². The average Bonchev–Trinajstić information content (AvgIpc) is 2.71. The molecule has 0 spiro atoms. The van der Waals surface area contributed by atoms with E-state index in [2.05, 4.69) is 11.8 Å². The van der Waals surface area contributed by atoms with Crippen molar-refractivity contribution in [3.63, 3.8) is 0 Å². The van der Waals surface area contributed by atoms with Crippen LogP contribution in [0.3, 0.4) is 0 Å². The second-order valence-electron chi connectivity index (χ2n) is 5.56. The molecule has 0 aromatic carbocycles. The van der Waals surface area contributed by atoms with Gasteiger partial charge in [-0.3, -0.25) is 4.90 Å². The highest BCUT2D eigenvalue weighted by Crippen LogP contribution is 2.32. The number of rotatable bonds is 3. The average molecular weight is 226 g/mol. The molecule has 3 heteroatoms. The summed E-state index contributed by atoms with van der Waals surface area (Å²) in [5, 5.41) is 0. The van der Waals surface area contributed by atoms with Gasteiger partial charge in [-0.25, -0.2) is 0 Å². The van der Waals surface area contributed by atoms with E-state index in [0.717, 1.165) is 18.5 Å². The summed E-state index contributed by atoms with van der Waals surface area (Å²) in [6, 6.07) is 1.46. The summed E-state index contributed by atoms with van der Waals surface area (Å²) in [5.74, 6) is 0.720. The van der Waals surface area contributed by atoms with Gasteiger partial charge in [-0.15, -0.1) is 0 Å². The van der Waals surface area contributed by atoms with E-state index in [9.17, 15) is 0 Å². The van der Waals surface area contributed by atoms with Gasteiger partial charge in [-0.1, -0.05) is 0 Å². The minimum absolute atomic E-state index is 0.489. The molecule has 1 saturated heterocycles. The lowest BCUT2D eigenvalue weighted by atomic mass is 9.91. The molecule has 0 aromatic rings. The Kier molecular flexibility index (Phi) is 4.22. The van der Waals surface area contributed by atoms with Crippen molar-refractivity contribution >= 4 is 0 Å². The molecular weight excluding hydrogens is 200 g/mol. The topological polar surface area (TPSA) is 38.5 Å². The zero-order valence-electron chi connectivity index (χ0n) is 10.7. The van der Waals surface area contributed by atoms with Gasteiger partial charge in [0, 0.05) is 25.7 Å². The van der Waals surface area contributed by atoms with Crippen molar-refractivity contribution in [2.75, 3.05) is 20.2 Å². The molecule has 2 aliphatic rings. The number of nitrogens with zero attached hydrogens (tertiary/aromatic N) is 1. The maximum Gasteiger partial charge on any atom is 0.0586 e. The first kappa shape index (κ1) is 12.3. The third-order valence-corrected chi connectivity index (χ3v) is 4.44. The van der Waals surface area contributed by atoms with Crippen molar-refractivity contribution in [1.82, 2.24) is 4.90 Å². The van der Waals surface area contributed by atoms with E-state index >= 15 is 0 Å². The molecule has 0 radical (unpaired) electrons. The van der Waals surface area contributed by atoms with Crippen LogP contribution in [0.15, 0.2) is 0 Å². The molecule has 1 aliphatic carbocycles. The molecule has 1 aliphatic heterocycles. The van der Waals surface area contributed by atoms with Gasteiger partial charge < -0.3 is 10.5 Å². The normalized spacial score (nSPS) is 41.4. The van der Waals surface area contributed by atoms with E-state index in [1.807, 2.05) is 7.11 Å². The summed E-state index contributed by atoms with van der Waals surface area (Å²) >= 11 is 0. The van der Waals surface area contributed by atoms with Crippen LogP contribution in [0.25, 0.3) is 0 Å². The van der Waals surface area contributed by atoms with Crippen molar-refractivity contribution in [3.05, 3.63) is 0 Å². The molecule has 94 valence electrons. The number of methoxy groups -OCH3 is 1. The van der Waals surface area contributed by atoms with Gasteiger partial charge in [-0.05, 0) is 51.5 Å². The molecule has 2 N–H and O–H groups in total. The second kappa shape index (κ2) is 5.48. The van der Waals surface area contributed by atoms with Crippen molar-refractivity contribution in [2.24, 2.45) is 11.7 Å². The van der Waals surface area contributed by atoms with E-state index in [-0.39, 0.29) is 0 Å². The molecule has 1 saturated carbocycles. The fraction of sp³-hybridized carbons (Fsp3) is 1.00. The maximum absolute atomic E-state index is 5.79. The summed E-state index contributed by atoms with van der Waals surface area (Å²) in [6.45, 7) is 4.41. The molecule has 0 aromatic heterocycles. The van der Waals surface area contributed by atoms with E-state index < -0.39 is 0 Å². The molecule has 1 heterocycles. The lowest BCUT2D eigenvalue weighted by molar-refractivity contribution is 0.0254. The first-order valence-corrected chi connectivity index (χ1v) is 6.73. The highest BCUT2D eigenvalue weighted by atomic mass is 16.5. The second-order valence-corrected chi connectivity index (χ2v) is 5.56. The fourth-order valence-electron chi connectivity index (χ4n) is 3.49. The van der Waals surface area contributed by atoms with Crippen LogP contribution in [-0.2, 0) is 4.74 Å². The summed E-state index contributed by atoms with van der Waals surface area (Å²) in [5.41, 5.74) is 5.79. The maximum atomic E-state index is 5.79. The summed E-state index contributed by atoms with van der Waals surface area (Å²) in [7, 11) is 1.85. The van der Waals surface area contributed by atoms with Gasteiger partial charge >= 0.3 is 0 Å². The van der Waals surface area contributed by atoms with Crippen LogP contribution in [-0.4, -0.2) is 43.3 Å². The molecule has 4 atom stereocenters. The third-order valence-electron chi connectivity index (χ3n) is 4.44. The Hall–Kier alpha value is -0.120. The molecule has 0 amide bonds. The monoisotopic (exact) mass is 226 g/mol.